The molecule has 3 aromatic rings. The number of fused-ring (bicyclic) bond motifs is 2. The van der Waals surface area contributed by atoms with Gasteiger partial charge in [0.15, 0.2) is 11.6 Å². The van der Waals surface area contributed by atoms with E-state index in [1.165, 1.54) is 17.3 Å². The number of nitrogen functional groups attached to an aromatic ring is 1. The first-order chi connectivity index (χ1) is 13.3. The highest BCUT2D eigenvalue weighted by atomic mass is 32.2. The number of carbonyl (C=O) groups is 2. The molecule has 1 aliphatic carbocycles. The van der Waals surface area contributed by atoms with Crippen molar-refractivity contribution in [2.24, 2.45) is 0 Å². The normalized spacial score (nSPS) is 13.2. The molecule has 4 rings (SSSR count). The van der Waals surface area contributed by atoms with E-state index in [2.05, 4.69) is 45.0 Å². The fourth-order valence-corrected chi connectivity index (χ4v) is 4.41. The summed E-state index contributed by atoms with van der Waals surface area (Å²) in [5.41, 5.74) is 9.36. The summed E-state index contributed by atoms with van der Waals surface area (Å²) < 4.78 is 0. The lowest BCUT2D eigenvalue weighted by molar-refractivity contribution is 0.0977. The first-order valence-electron chi connectivity index (χ1n) is 9.16. The number of hydrogen-bond acceptors (Lipinski definition) is 4. The van der Waals surface area contributed by atoms with Gasteiger partial charge in [-0.05, 0) is 35.2 Å². The van der Waals surface area contributed by atoms with Crippen LogP contribution in [-0.2, 0) is 5.41 Å². The SMILES string of the molecule is CC(C)(C)c1ccc(Sc2ccc(N)c3c2C(=O)c2ccccc2C3=O)cc1. The maximum Gasteiger partial charge on any atom is 0.196 e. The number of anilines is 1. The Bertz CT molecular complexity index is 1110. The molecule has 0 bridgehead atoms. The van der Waals surface area contributed by atoms with Crippen molar-refractivity contribution in [3.8, 4) is 0 Å². The van der Waals surface area contributed by atoms with Gasteiger partial charge >= 0.3 is 0 Å². The van der Waals surface area contributed by atoms with E-state index in [1.54, 1.807) is 30.3 Å². The maximum atomic E-state index is 13.2. The van der Waals surface area contributed by atoms with Gasteiger partial charge in [0.2, 0.25) is 0 Å². The molecule has 0 unspecified atom stereocenters. The average molecular weight is 388 g/mol. The summed E-state index contributed by atoms with van der Waals surface area (Å²) >= 11 is 1.48. The molecule has 0 aliphatic heterocycles. The molecule has 0 amide bonds. The van der Waals surface area contributed by atoms with Crippen LogP contribution in [0.3, 0.4) is 0 Å². The third kappa shape index (κ3) is 3.04. The van der Waals surface area contributed by atoms with Gasteiger partial charge in [-0.25, -0.2) is 0 Å². The standard InChI is InChI=1S/C24H21NO2S/c1-24(2,3)14-8-10-15(11-9-14)28-19-13-12-18(25)20-21(19)23(27)17-7-5-4-6-16(17)22(20)26/h4-13H,25H2,1-3H3. The molecule has 3 nitrogen and oxygen atoms in total. The monoisotopic (exact) mass is 387 g/mol. The van der Waals surface area contributed by atoms with E-state index < -0.39 is 0 Å². The molecule has 0 saturated carbocycles. The number of ketones is 2. The fraction of sp³-hybridized carbons (Fsp3) is 0.167. The molecule has 0 heterocycles. The second kappa shape index (κ2) is 6.64. The molecule has 2 N–H and O–H groups in total. The molecule has 28 heavy (non-hydrogen) atoms. The number of hydrogen-bond donors (Lipinski definition) is 1. The van der Waals surface area contributed by atoms with Crippen molar-refractivity contribution in [3.05, 3.63) is 88.5 Å². The van der Waals surface area contributed by atoms with Crippen molar-refractivity contribution in [2.75, 3.05) is 5.73 Å². The Morgan fingerprint density at radius 1 is 0.750 bits per heavy atom. The van der Waals surface area contributed by atoms with Crippen LogP contribution in [0, 0.1) is 0 Å². The summed E-state index contributed by atoms with van der Waals surface area (Å²) in [4.78, 5) is 27.9. The van der Waals surface area contributed by atoms with Crippen LogP contribution in [0.15, 0.2) is 70.5 Å². The van der Waals surface area contributed by atoms with Gasteiger partial charge in [-0.15, -0.1) is 0 Å². The van der Waals surface area contributed by atoms with E-state index >= 15 is 0 Å². The molecule has 0 fully saturated rings. The predicted molar refractivity (Wildman–Crippen MR) is 113 cm³/mol. The Kier molecular flexibility index (Phi) is 4.39. The largest absolute Gasteiger partial charge is 0.398 e. The van der Waals surface area contributed by atoms with Crippen LogP contribution in [0.5, 0.6) is 0 Å². The Morgan fingerprint density at radius 2 is 1.32 bits per heavy atom. The molecule has 0 atom stereocenters. The van der Waals surface area contributed by atoms with Gasteiger partial charge in [0.05, 0.1) is 5.56 Å². The van der Waals surface area contributed by atoms with Gasteiger partial charge in [-0.2, -0.15) is 0 Å². The van der Waals surface area contributed by atoms with Crippen molar-refractivity contribution in [1.29, 1.82) is 0 Å². The van der Waals surface area contributed by atoms with E-state index in [0.717, 1.165) is 9.79 Å². The smallest absolute Gasteiger partial charge is 0.196 e. The Morgan fingerprint density at radius 3 is 1.89 bits per heavy atom. The van der Waals surface area contributed by atoms with Crippen LogP contribution in [0.25, 0.3) is 0 Å². The van der Waals surface area contributed by atoms with Crippen LogP contribution in [0.4, 0.5) is 5.69 Å². The number of nitrogens with two attached hydrogens (primary N) is 1. The summed E-state index contributed by atoms with van der Waals surface area (Å²) in [6.45, 7) is 6.52. The first-order valence-corrected chi connectivity index (χ1v) is 9.98. The molecule has 1 aliphatic rings. The lowest BCUT2D eigenvalue weighted by atomic mass is 9.83. The summed E-state index contributed by atoms with van der Waals surface area (Å²) in [6, 6.07) is 18.8. The van der Waals surface area contributed by atoms with Gasteiger partial charge in [0.1, 0.15) is 0 Å². The highest BCUT2D eigenvalue weighted by molar-refractivity contribution is 7.99. The number of benzene rings is 3. The first kappa shape index (κ1) is 18.5. The summed E-state index contributed by atoms with van der Waals surface area (Å²) in [5.74, 6) is -0.334. The van der Waals surface area contributed by atoms with Gasteiger partial charge < -0.3 is 5.73 Å². The summed E-state index contributed by atoms with van der Waals surface area (Å²) in [7, 11) is 0. The van der Waals surface area contributed by atoms with Crippen molar-refractivity contribution < 1.29 is 9.59 Å². The molecule has 4 heteroatoms. The van der Waals surface area contributed by atoms with Crippen molar-refractivity contribution >= 4 is 29.0 Å². The van der Waals surface area contributed by atoms with Crippen molar-refractivity contribution in [2.45, 2.75) is 36.0 Å². The minimum atomic E-state index is -0.187. The third-order valence-electron chi connectivity index (χ3n) is 5.02. The molecule has 0 saturated heterocycles. The van der Waals surface area contributed by atoms with Crippen molar-refractivity contribution in [3.63, 3.8) is 0 Å². The van der Waals surface area contributed by atoms with Crippen LogP contribution >= 0.6 is 11.8 Å². The highest BCUT2D eigenvalue weighted by Gasteiger charge is 2.33. The Hall–Kier alpha value is -2.85. The second-order valence-electron chi connectivity index (χ2n) is 7.98. The number of carbonyl (C=O) groups excluding carboxylic acids is 2. The lowest BCUT2D eigenvalue weighted by Crippen LogP contribution is -2.23. The second-order valence-corrected chi connectivity index (χ2v) is 9.10. The van der Waals surface area contributed by atoms with Gasteiger partial charge in [0, 0.05) is 32.2 Å². The minimum Gasteiger partial charge on any atom is -0.398 e. The molecular formula is C24H21NO2S. The molecule has 0 spiro atoms. The molecule has 0 radical (unpaired) electrons. The zero-order valence-corrected chi connectivity index (χ0v) is 16.9. The number of rotatable bonds is 2. The van der Waals surface area contributed by atoms with Gasteiger partial charge in [-0.3, -0.25) is 9.59 Å². The minimum absolute atomic E-state index is 0.0790. The van der Waals surface area contributed by atoms with E-state index in [1.807, 2.05) is 6.07 Å². The topological polar surface area (TPSA) is 60.2 Å². The van der Waals surface area contributed by atoms with Gasteiger partial charge in [-0.1, -0.05) is 68.9 Å². The quantitative estimate of drug-likeness (QED) is 0.462. The van der Waals surface area contributed by atoms with Crippen molar-refractivity contribution in [1.82, 2.24) is 0 Å². The fourth-order valence-electron chi connectivity index (χ4n) is 3.45. The van der Waals surface area contributed by atoms with Crippen LogP contribution in [0.2, 0.25) is 0 Å². The van der Waals surface area contributed by atoms with E-state index in [9.17, 15) is 9.59 Å². The molecule has 140 valence electrons. The van der Waals surface area contributed by atoms with Crippen LogP contribution in [0.1, 0.15) is 58.2 Å². The Balaban J connectivity index is 1.79. The van der Waals surface area contributed by atoms with E-state index in [-0.39, 0.29) is 17.0 Å². The zero-order valence-electron chi connectivity index (χ0n) is 16.1. The molecule has 3 aromatic carbocycles. The molecule has 0 aromatic heterocycles. The lowest BCUT2D eigenvalue weighted by Gasteiger charge is -2.22. The van der Waals surface area contributed by atoms with Crippen LogP contribution in [-0.4, -0.2) is 11.6 Å². The maximum absolute atomic E-state index is 13.2. The van der Waals surface area contributed by atoms with E-state index in [0.29, 0.717) is 27.9 Å². The van der Waals surface area contributed by atoms with Crippen LogP contribution < -0.4 is 5.73 Å². The summed E-state index contributed by atoms with van der Waals surface area (Å²) in [5, 5.41) is 0. The zero-order chi connectivity index (χ0) is 20.1. The highest BCUT2D eigenvalue weighted by Crippen LogP contribution is 2.39. The average Bonchev–Trinajstić information content (AvgIpc) is 2.67. The molecular weight excluding hydrogens is 366 g/mol. The Labute approximate surface area is 169 Å². The predicted octanol–water partition coefficient (Wildman–Crippen LogP) is 5.49. The third-order valence-corrected chi connectivity index (χ3v) is 6.09. The summed E-state index contributed by atoms with van der Waals surface area (Å²) in [6.07, 6.45) is 0. The van der Waals surface area contributed by atoms with Gasteiger partial charge in [0.25, 0.3) is 0 Å². The van der Waals surface area contributed by atoms with E-state index in [4.69, 9.17) is 5.73 Å².